The quantitative estimate of drug-likeness (QED) is 0.575. The van der Waals surface area contributed by atoms with Crippen molar-refractivity contribution in [2.75, 3.05) is 14.2 Å². The molecule has 28 heavy (non-hydrogen) atoms. The van der Waals surface area contributed by atoms with E-state index in [1.165, 1.54) is 16.9 Å². The molecule has 0 aliphatic carbocycles. The van der Waals surface area contributed by atoms with Crippen LogP contribution in [0.1, 0.15) is 11.1 Å². The number of nitrogens with zero attached hydrogens (tertiary/aromatic N) is 1. The molecule has 146 valence electrons. The summed E-state index contributed by atoms with van der Waals surface area (Å²) in [7, 11) is 3.18. The molecule has 7 heteroatoms. The second-order valence-electron chi connectivity index (χ2n) is 6.31. The maximum atomic E-state index is 12.5. The van der Waals surface area contributed by atoms with Crippen LogP contribution in [-0.2, 0) is 17.9 Å². The Labute approximate surface area is 173 Å². The largest absolute Gasteiger partial charge is 0.493 e. The number of carbonyl (C=O) groups excluding carboxylic acids is 1. The van der Waals surface area contributed by atoms with E-state index in [0.717, 1.165) is 16.8 Å². The van der Waals surface area contributed by atoms with Crippen molar-refractivity contribution >= 4 is 29.5 Å². The van der Waals surface area contributed by atoms with E-state index in [1.807, 2.05) is 47.2 Å². The van der Waals surface area contributed by atoms with Crippen LogP contribution < -0.4 is 14.8 Å². The molecule has 0 saturated heterocycles. The second kappa shape index (κ2) is 9.03. The van der Waals surface area contributed by atoms with Gasteiger partial charge in [-0.25, -0.2) is 0 Å². The van der Waals surface area contributed by atoms with Gasteiger partial charge < -0.3 is 19.4 Å². The third-order valence-electron chi connectivity index (χ3n) is 4.37. The molecule has 2 aromatic carbocycles. The lowest BCUT2D eigenvalue weighted by molar-refractivity contribution is -0.121. The van der Waals surface area contributed by atoms with Gasteiger partial charge in [0, 0.05) is 11.9 Å². The zero-order valence-electron chi connectivity index (χ0n) is 16.0. The number of benzene rings is 2. The molecule has 5 nitrogen and oxygen atoms in total. The maximum Gasteiger partial charge on any atom is 0.240 e. The first kappa shape index (κ1) is 20.1. The number of hydrogen-bond donors (Lipinski definition) is 1. The average molecular weight is 415 g/mol. The monoisotopic (exact) mass is 414 g/mol. The predicted octanol–water partition coefficient (Wildman–Crippen LogP) is 4.59. The van der Waals surface area contributed by atoms with Crippen molar-refractivity contribution in [2.45, 2.75) is 20.0 Å². The maximum absolute atomic E-state index is 12.5. The van der Waals surface area contributed by atoms with Crippen LogP contribution in [-0.4, -0.2) is 24.7 Å². The van der Waals surface area contributed by atoms with Gasteiger partial charge in [-0.15, -0.1) is 11.3 Å². The average Bonchev–Trinajstić information content (AvgIpc) is 3.07. The van der Waals surface area contributed by atoms with E-state index in [4.69, 9.17) is 21.7 Å². The summed E-state index contributed by atoms with van der Waals surface area (Å²) in [5, 5.41) is 4.94. The number of amides is 1. The minimum absolute atomic E-state index is 0.0994. The molecular formula is C21H22N2O3S2. The Bertz CT molecular complexity index is 1020. The number of thiazole rings is 1. The van der Waals surface area contributed by atoms with Gasteiger partial charge in [-0.3, -0.25) is 4.79 Å². The number of aromatic nitrogens is 1. The van der Waals surface area contributed by atoms with Crippen LogP contribution in [0.5, 0.6) is 11.5 Å². The van der Waals surface area contributed by atoms with Crippen LogP contribution in [0.3, 0.4) is 0 Å². The van der Waals surface area contributed by atoms with Crippen molar-refractivity contribution < 1.29 is 14.3 Å². The van der Waals surface area contributed by atoms with E-state index in [0.29, 0.717) is 22.0 Å². The van der Waals surface area contributed by atoms with Crippen molar-refractivity contribution in [1.29, 1.82) is 0 Å². The molecule has 0 spiro atoms. The van der Waals surface area contributed by atoms with Gasteiger partial charge in [-0.2, -0.15) is 0 Å². The Morgan fingerprint density at radius 1 is 1.11 bits per heavy atom. The lowest BCUT2D eigenvalue weighted by Crippen LogP contribution is -2.27. The fourth-order valence-electron chi connectivity index (χ4n) is 2.82. The number of aryl methyl sites for hydroxylation is 1. The highest BCUT2D eigenvalue weighted by atomic mass is 32.1. The zero-order valence-corrected chi connectivity index (χ0v) is 17.7. The summed E-state index contributed by atoms with van der Waals surface area (Å²) in [5.74, 6) is 1.19. The van der Waals surface area contributed by atoms with E-state index >= 15 is 0 Å². The summed E-state index contributed by atoms with van der Waals surface area (Å²) in [5.41, 5.74) is 4.12. The lowest BCUT2D eigenvalue weighted by Gasteiger charge is -2.12. The molecular weight excluding hydrogens is 392 g/mol. The van der Waals surface area contributed by atoms with Gasteiger partial charge in [0.2, 0.25) is 5.91 Å². The molecule has 3 aromatic rings. The topological polar surface area (TPSA) is 52.5 Å². The van der Waals surface area contributed by atoms with Gasteiger partial charge in [-0.05, 0) is 42.4 Å². The van der Waals surface area contributed by atoms with Gasteiger partial charge in [0.25, 0.3) is 0 Å². The Balaban J connectivity index is 1.70. The number of hydrogen-bond acceptors (Lipinski definition) is 5. The van der Waals surface area contributed by atoms with Gasteiger partial charge in [0.15, 0.2) is 15.5 Å². The molecule has 1 amide bonds. The summed E-state index contributed by atoms with van der Waals surface area (Å²) in [6.45, 7) is 2.63. The summed E-state index contributed by atoms with van der Waals surface area (Å²) < 4.78 is 13.1. The molecule has 0 atom stereocenters. The van der Waals surface area contributed by atoms with Gasteiger partial charge in [0.05, 0.1) is 19.9 Å². The van der Waals surface area contributed by atoms with Crippen molar-refractivity contribution in [3.63, 3.8) is 0 Å². The summed E-state index contributed by atoms with van der Waals surface area (Å²) in [4.78, 5) is 12.5. The normalized spacial score (nSPS) is 10.5. The molecule has 0 fully saturated rings. The molecule has 3 rings (SSSR count). The molecule has 0 unspecified atom stereocenters. The van der Waals surface area contributed by atoms with E-state index in [2.05, 4.69) is 17.4 Å². The Morgan fingerprint density at radius 2 is 1.82 bits per heavy atom. The number of nitrogens with one attached hydrogen (secondary N) is 1. The number of rotatable bonds is 7. The van der Waals surface area contributed by atoms with Crippen LogP contribution >= 0.6 is 23.6 Å². The first-order valence-corrected chi connectivity index (χ1v) is 10.0. The Hall–Kier alpha value is -2.64. The van der Waals surface area contributed by atoms with E-state index in [1.54, 1.807) is 14.2 Å². The molecule has 1 aromatic heterocycles. The van der Waals surface area contributed by atoms with Crippen LogP contribution in [0.4, 0.5) is 0 Å². The fraction of sp³-hybridized carbons (Fsp3) is 0.238. The molecule has 0 saturated carbocycles. The van der Waals surface area contributed by atoms with Crippen molar-refractivity contribution in [3.05, 3.63) is 62.9 Å². The van der Waals surface area contributed by atoms with Crippen LogP contribution in [0, 0.1) is 10.9 Å². The predicted molar refractivity (Wildman–Crippen MR) is 115 cm³/mol. The molecule has 1 N–H and O–H groups in total. The number of carbonyl (C=O) groups is 1. The Morgan fingerprint density at radius 3 is 2.50 bits per heavy atom. The highest BCUT2D eigenvalue weighted by molar-refractivity contribution is 7.73. The number of ether oxygens (including phenoxy) is 2. The Kier molecular flexibility index (Phi) is 6.49. The minimum atomic E-state index is -0.0994. The summed E-state index contributed by atoms with van der Waals surface area (Å²) >= 11 is 6.89. The molecule has 1 heterocycles. The lowest BCUT2D eigenvalue weighted by atomic mass is 10.1. The molecule has 0 radical (unpaired) electrons. The first-order valence-electron chi connectivity index (χ1n) is 8.74. The molecule has 0 bridgehead atoms. The third kappa shape index (κ3) is 4.61. The van der Waals surface area contributed by atoms with Crippen LogP contribution in [0.15, 0.2) is 47.8 Å². The zero-order chi connectivity index (χ0) is 20.1. The van der Waals surface area contributed by atoms with Crippen molar-refractivity contribution in [1.82, 2.24) is 9.88 Å². The fourth-order valence-corrected chi connectivity index (χ4v) is 3.89. The van der Waals surface area contributed by atoms with E-state index < -0.39 is 0 Å². The van der Waals surface area contributed by atoms with Crippen LogP contribution in [0.2, 0.25) is 0 Å². The first-order chi connectivity index (χ1) is 13.5. The van der Waals surface area contributed by atoms with Crippen LogP contribution in [0.25, 0.3) is 11.3 Å². The van der Waals surface area contributed by atoms with Crippen molar-refractivity contribution in [3.8, 4) is 22.8 Å². The van der Waals surface area contributed by atoms with E-state index in [9.17, 15) is 4.79 Å². The van der Waals surface area contributed by atoms with E-state index in [-0.39, 0.29) is 12.5 Å². The third-order valence-corrected chi connectivity index (χ3v) is 5.64. The minimum Gasteiger partial charge on any atom is -0.493 e. The molecule has 0 aliphatic rings. The van der Waals surface area contributed by atoms with Gasteiger partial charge >= 0.3 is 0 Å². The summed E-state index contributed by atoms with van der Waals surface area (Å²) in [6, 6.07) is 13.8. The highest BCUT2D eigenvalue weighted by Crippen LogP contribution is 2.27. The standard InChI is InChI=1S/C21H22N2O3S2/c1-14-4-7-16(8-5-14)17-13-28-21(27)23(17)12-20(24)22-11-15-6-9-18(25-2)19(10-15)26-3/h4-10,13H,11-12H2,1-3H3,(H,22,24). The SMILES string of the molecule is COc1ccc(CNC(=O)Cn2c(-c3ccc(C)cc3)csc2=S)cc1OC. The smallest absolute Gasteiger partial charge is 0.240 e. The number of methoxy groups -OCH3 is 2. The molecule has 0 aliphatic heterocycles. The summed E-state index contributed by atoms with van der Waals surface area (Å²) in [6.07, 6.45) is 0. The van der Waals surface area contributed by atoms with Gasteiger partial charge in [-0.1, -0.05) is 35.9 Å². The van der Waals surface area contributed by atoms with Gasteiger partial charge in [0.1, 0.15) is 6.54 Å². The highest BCUT2D eigenvalue weighted by Gasteiger charge is 2.12. The van der Waals surface area contributed by atoms with Crippen molar-refractivity contribution in [2.24, 2.45) is 0 Å². The second-order valence-corrected chi connectivity index (χ2v) is 7.81.